The molecule has 0 atom stereocenters. The van der Waals surface area contributed by atoms with E-state index in [1.165, 1.54) is 17.4 Å². The normalized spacial score (nSPS) is 14.0. The minimum absolute atomic E-state index is 0.264. The molecule has 1 amide bonds. The van der Waals surface area contributed by atoms with Crippen molar-refractivity contribution >= 4 is 40.1 Å². The summed E-state index contributed by atoms with van der Waals surface area (Å²) in [5, 5.41) is 17.4. The SMILES string of the molecule is Cc1nn(Cc2ccccc2)c(Cl)c1/C=C/C(=O)Nc1nnc(C2CC2)s1. The van der Waals surface area contributed by atoms with Crippen LogP contribution in [0.3, 0.4) is 0 Å². The highest BCUT2D eigenvalue weighted by molar-refractivity contribution is 7.15. The largest absolute Gasteiger partial charge is 0.297 e. The summed E-state index contributed by atoms with van der Waals surface area (Å²) in [4.78, 5) is 12.2. The molecule has 1 aliphatic carbocycles. The highest BCUT2D eigenvalue weighted by atomic mass is 35.5. The number of nitrogens with one attached hydrogen (secondary N) is 1. The lowest BCUT2D eigenvalue weighted by atomic mass is 10.2. The number of aryl methyl sites for hydroxylation is 1. The van der Waals surface area contributed by atoms with Gasteiger partial charge in [-0.25, -0.2) is 4.68 Å². The Morgan fingerprint density at radius 2 is 2.11 bits per heavy atom. The van der Waals surface area contributed by atoms with Crippen LogP contribution in [-0.4, -0.2) is 25.9 Å². The molecule has 0 aliphatic heterocycles. The van der Waals surface area contributed by atoms with Gasteiger partial charge >= 0.3 is 0 Å². The predicted octanol–water partition coefficient (Wildman–Crippen LogP) is 4.27. The number of aromatic nitrogens is 4. The van der Waals surface area contributed by atoms with Crippen molar-refractivity contribution in [2.45, 2.75) is 32.2 Å². The molecule has 1 fully saturated rings. The van der Waals surface area contributed by atoms with Crippen LogP contribution in [0.2, 0.25) is 5.15 Å². The van der Waals surface area contributed by atoms with Gasteiger partial charge in [0.1, 0.15) is 10.2 Å². The fourth-order valence-corrected chi connectivity index (χ4v) is 3.92. The fourth-order valence-electron chi connectivity index (χ4n) is 2.70. The quantitative estimate of drug-likeness (QED) is 0.628. The number of hydrogen-bond acceptors (Lipinski definition) is 5. The first-order valence-electron chi connectivity index (χ1n) is 8.69. The molecule has 0 saturated heterocycles. The monoisotopic (exact) mass is 399 g/mol. The number of rotatable bonds is 6. The molecule has 138 valence electrons. The number of anilines is 1. The molecule has 1 aromatic carbocycles. The molecule has 8 heteroatoms. The predicted molar refractivity (Wildman–Crippen MR) is 107 cm³/mol. The molecule has 0 unspecified atom stereocenters. The van der Waals surface area contributed by atoms with Crippen molar-refractivity contribution in [3.8, 4) is 0 Å². The molecule has 3 aromatic rings. The van der Waals surface area contributed by atoms with Gasteiger partial charge in [-0.05, 0) is 31.4 Å². The maximum Gasteiger partial charge on any atom is 0.250 e. The average Bonchev–Trinajstić information content (AvgIpc) is 3.35. The summed E-state index contributed by atoms with van der Waals surface area (Å²) >= 11 is 7.90. The van der Waals surface area contributed by atoms with Crippen molar-refractivity contribution in [1.82, 2.24) is 20.0 Å². The van der Waals surface area contributed by atoms with E-state index in [1.54, 1.807) is 10.8 Å². The third kappa shape index (κ3) is 4.26. The van der Waals surface area contributed by atoms with E-state index in [4.69, 9.17) is 11.6 Å². The first kappa shape index (κ1) is 17.9. The van der Waals surface area contributed by atoms with Crippen LogP contribution in [0.15, 0.2) is 36.4 Å². The molecule has 0 spiro atoms. The Morgan fingerprint density at radius 1 is 1.33 bits per heavy atom. The number of halogens is 1. The molecule has 2 aromatic heterocycles. The second kappa shape index (κ2) is 7.62. The molecule has 2 heterocycles. The molecule has 27 heavy (non-hydrogen) atoms. The van der Waals surface area contributed by atoms with Crippen LogP contribution < -0.4 is 5.32 Å². The standard InChI is InChI=1S/C19H18ClN5OS/c1-12-15(17(20)25(24-12)11-13-5-3-2-4-6-13)9-10-16(26)21-19-23-22-18(27-19)14-7-8-14/h2-6,9-10,14H,7-8,11H2,1H3,(H,21,23,26)/b10-9+. The van der Waals surface area contributed by atoms with Crippen LogP contribution in [0.1, 0.15) is 40.6 Å². The van der Waals surface area contributed by atoms with Gasteiger partial charge in [-0.15, -0.1) is 10.2 Å². The van der Waals surface area contributed by atoms with E-state index in [2.05, 4.69) is 20.6 Å². The highest BCUT2D eigenvalue weighted by Crippen LogP contribution is 2.42. The smallest absolute Gasteiger partial charge is 0.250 e. The van der Waals surface area contributed by atoms with E-state index >= 15 is 0 Å². The zero-order chi connectivity index (χ0) is 18.8. The lowest BCUT2D eigenvalue weighted by Crippen LogP contribution is -2.07. The topological polar surface area (TPSA) is 72.7 Å². The van der Waals surface area contributed by atoms with Crippen molar-refractivity contribution in [2.75, 3.05) is 5.32 Å². The van der Waals surface area contributed by atoms with Crippen LogP contribution in [0, 0.1) is 6.92 Å². The first-order chi connectivity index (χ1) is 13.1. The molecular formula is C19H18ClN5OS. The van der Waals surface area contributed by atoms with Crippen LogP contribution in [-0.2, 0) is 11.3 Å². The summed E-state index contributed by atoms with van der Waals surface area (Å²) in [6.45, 7) is 2.45. The molecule has 4 rings (SSSR count). The lowest BCUT2D eigenvalue weighted by Gasteiger charge is -2.03. The number of nitrogens with zero attached hydrogens (tertiary/aromatic N) is 4. The minimum atomic E-state index is -0.264. The van der Waals surface area contributed by atoms with Gasteiger partial charge in [0.05, 0.1) is 12.2 Å². The van der Waals surface area contributed by atoms with E-state index < -0.39 is 0 Å². The molecule has 1 saturated carbocycles. The van der Waals surface area contributed by atoms with Gasteiger partial charge in [0.15, 0.2) is 0 Å². The number of carbonyl (C=O) groups is 1. The Labute approximate surface area is 165 Å². The Balaban J connectivity index is 1.43. The van der Waals surface area contributed by atoms with Gasteiger partial charge in [-0.2, -0.15) is 5.10 Å². The highest BCUT2D eigenvalue weighted by Gasteiger charge is 2.27. The van der Waals surface area contributed by atoms with Crippen molar-refractivity contribution in [3.05, 3.63) is 63.4 Å². The molecule has 6 nitrogen and oxygen atoms in total. The van der Waals surface area contributed by atoms with Gasteiger partial charge in [-0.3, -0.25) is 10.1 Å². The Bertz CT molecular complexity index is 991. The summed E-state index contributed by atoms with van der Waals surface area (Å²) in [5.41, 5.74) is 2.61. The van der Waals surface area contributed by atoms with Crippen molar-refractivity contribution in [1.29, 1.82) is 0 Å². The van der Waals surface area contributed by atoms with Crippen LogP contribution in [0.4, 0.5) is 5.13 Å². The second-order valence-electron chi connectivity index (χ2n) is 6.48. The van der Waals surface area contributed by atoms with E-state index in [-0.39, 0.29) is 5.91 Å². The fraction of sp³-hybridized carbons (Fsp3) is 0.263. The molecule has 1 N–H and O–H groups in total. The van der Waals surface area contributed by atoms with Gasteiger partial charge in [0.25, 0.3) is 0 Å². The van der Waals surface area contributed by atoms with E-state index in [1.807, 2.05) is 37.3 Å². The third-order valence-electron chi connectivity index (χ3n) is 4.28. The second-order valence-corrected chi connectivity index (χ2v) is 7.84. The lowest BCUT2D eigenvalue weighted by molar-refractivity contribution is -0.111. The minimum Gasteiger partial charge on any atom is -0.297 e. The number of amides is 1. The summed E-state index contributed by atoms with van der Waals surface area (Å²) in [6, 6.07) is 9.97. The molecule has 0 bridgehead atoms. The van der Waals surface area contributed by atoms with E-state index in [9.17, 15) is 4.79 Å². The van der Waals surface area contributed by atoms with Gasteiger partial charge in [0, 0.05) is 17.6 Å². The average molecular weight is 400 g/mol. The van der Waals surface area contributed by atoms with Crippen molar-refractivity contribution in [2.24, 2.45) is 0 Å². The summed E-state index contributed by atoms with van der Waals surface area (Å²) < 4.78 is 1.73. The van der Waals surface area contributed by atoms with Gasteiger partial charge in [0.2, 0.25) is 11.0 Å². The summed E-state index contributed by atoms with van der Waals surface area (Å²) in [7, 11) is 0. The van der Waals surface area contributed by atoms with E-state index in [0.717, 1.165) is 34.7 Å². The van der Waals surface area contributed by atoms with Crippen LogP contribution >= 0.6 is 22.9 Å². The maximum absolute atomic E-state index is 12.2. The number of benzene rings is 1. The number of hydrogen-bond donors (Lipinski definition) is 1. The first-order valence-corrected chi connectivity index (χ1v) is 9.89. The van der Waals surface area contributed by atoms with Crippen molar-refractivity contribution < 1.29 is 4.79 Å². The molecule has 1 aliphatic rings. The zero-order valence-corrected chi connectivity index (χ0v) is 16.3. The van der Waals surface area contributed by atoms with Gasteiger partial charge < -0.3 is 0 Å². The molecular weight excluding hydrogens is 382 g/mol. The van der Waals surface area contributed by atoms with Crippen LogP contribution in [0.25, 0.3) is 6.08 Å². The van der Waals surface area contributed by atoms with Crippen molar-refractivity contribution in [3.63, 3.8) is 0 Å². The van der Waals surface area contributed by atoms with Crippen LogP contribution in [0.5, 0.6) is 0 Å². The van der Waals surface area contributed by atoms with Gasteiger partial charge in [-0.1, -0.05) is 53.3 Å². The summed E-state index contributed by atoms with van der Waals surface area (Å²) in [6.07, 6.45) is 5.45. The Kier molecular flexibility index (Phi) is 5.05. The zero-order valence-electron chi connectivity index (χ0n) is 14.7. The Morgan fingerprint density at radius 3 is 2.85 bits per heavy atom. The van der Waals surface area contributed by atoms with E-state index in [0.29, 0.717) is 22.7 Å². The number of carbonyl (C=O) groups excluding carboxylic acids is 1. The third-order valence-corrected chi connectivity index (χ3v) is 5.68. The molecule has 0 radical (unpaired) electrons. The Hall–Kier alpha value is -2.51. The maximum atomic E-state index is 12.2. The summed E-state index contributed by atoms with van der Waals surface area (Å²) in [5.74, 6) is 0.264.